The Morgan fingerprint density at radius 2 is 2.05 bits per heavy atom. The molecule has 21 heavy (non-hydrogen) atoms. The van der Waals surface area contributed by atoms with Crippen LogP contribution in [0.15, 0.2) is 0 Å². The molecule has 1 heterocycles. The molecule has 0 unspecified atom stereocenters. The molecule has 0 fully saturated rings. The zero-order chi connectivity index (χ0) is 16.0. The van der Waals surface area contributed by atoms with Gasteiger partial charge in [0.2, 0.25) is 5.91 Å². The number of carbonyl (C=O) groups excluding carboxylic acids is 2. The Labute approximate surface area is 117 Å². The summed E-state index contributed by atoms with van der Waals surface area (Å²) in [5, 5.41) is 19.2. The summed E-state index contributed by atoms with van der Waals surface area (Å²) in [6.07, 6.45) is -2.52. The maximum absolute atomic E-state index is 12.8. The number of amides is 3. The molecule has 0 aromatic carbocycles. The van der Waals surface area contributed by atoms with E-state index in [1.165, 1.54) is 0 Å². The van der Waals surface area contributed by atoms with Gasteiger partial charge in [0.25, 0.3) is 6.43 Å². The van der Waals surface area contributed by atoms with Crippen LogP contribution in [0.3, 0.4) is 0 Å². The van der Waals surface area contributed by atoms with Crippen LogP contribution in [0.1, 0.15) is 36.0 Å². The lowest BCUT2D eigenvalue weighted by Crippen LogP contribution is -2.41. The molecular weight excluding hydrogens is 292 g/mol. The summed E-state index contributed by atoms with van der Waals surface area (Å²) in [6, 6.07) is -0.779. The number of carboxylic acid groups (broad SMARTS) is 1. The first-order chi connectivity index (χ1) is 9.86. The van der Waals surface area contributed by atoms with Gasteiger partial charge in [-0.05, 0) is 6.42 Å². The second kappa shape index (κ2) is 7.26. The summed E-state index contributed by atoms with van der Waals surface area (Å²) in [5.41, 5.74) is -1.93. The van der Waals surface area contributed by atoms with Gasteiger partial charge in [-0.3, -0.25) is 10.1 Å². The highest BCUT2D eigenvalue weighted by Crippen LogP contribution is 2.21. The molecule has 0 aliphatic heterocycles. The van der Waals surface area contributed by atoms with Crippen LogP contribution in [0.4, 0.5) is 13.6 Å². The number of hydrogen-bond donors (Lipinski definition) is 3. The standard InChI is InChI=1S/C10H13F2N5O4/c1-2-3-13-10(21)14-5(18)4-17-7(8(11)12)6(9(19)20)15-16-17/h8H,2-4H2,1H3,(H,19,20)(H2,13,14,18,21). The van der Waals surface area contributed by atoms with Gasteiger partial charge in [-0.1, -0.05) is 12.1 Å². The number of halogens is 2. The van der Waals surface area contributed by atoms with E-state index in [1.807, 2.05) is 5.32 Å². The summed E-state index contributed by atoms with van der Waals surface area (Å²) in [4.78, 5) is 33.4. The normalized spacial score (nSPS) is 10.5. The molecule has 0 saturated heterocycles. The fourth-order valence-corrected chi connectivity index (χ4v) is 1.39. The number of aromatic carboxylic acids is 1. The Kier molecular flexibility index (Phi) is 5.69. The monoisotopic (exact) mass is 305 g/mol. The van der Waals surface area contributed by atoms with Crippen molar-refractivity contribution in [2.45, 2.75) is 26.3 Å². The van der Waals surface area contributed by atoms with E-state index in [1.54, 1.807) is 6.92 Å². The lowest BCUT2D eigenvalue weighted by molar-refractivity contribution is -0.120. The number of aromatic nitrogens is 3. The molecule has 0 saturated carbocycles. The lowest BCUT2D eigenvalue weighted by atomic mass is 10.3. The Bertz CT molecular complexity index is 546. The van der Waals surface area contributed by atoms with Crippen LogP contribution in [0.5, 0.6) is 0 Å². The van der Waals surface area contributed by atoms with Gasteiger partial charge in [-0.15, -0.1) is 5.10 Å². The highest BCUT2D eigenvalue weighted by Gasteiger charge is 2.27. The fourth-order valence-electron chi connectivity index (χ4n) is 1.39. The van der Waals surface area contributed by atoms with Crippen molar-refractivity contribution in [1.29, 1.82) is 0 Å². The van der Waals surface area contributed by atoms with Gasteiger partial charge >= 0.3 is 12.0 Å². The SMILES string of the molecule is CCCNC(=O)NC(=O)Cn1nnc(C(=O)O)c1C(F)F. The van der Waals surface area contributed by atoms with E-state index in [4.69, 9.17) is 5.11 Å². The molecule has 3 amide bonds. The van der Waals surface area contributed by atoms with E-state index in [0.717, 1.165) is 0 Å². The number of urea groups is 1. The zero-order valence-electron chi connectivity index (χ0n) is 11.0. The molecule has 1 aromatic heterocycles. The second-order valence-electron chi connectivity index (χ2n) is 3.89. The van der Waals surface area contributed by atoms with Crippen LogP contribution in [0, 0.1) is 0 Å². The number of rotatable bonds is 6. The van der Waals surface area contributed by atoms with E-state index in [0.29, 0.717) is 17.6 Å². The van der Waals surface area contributed by atoms with Crippen molar-refractivity contribution >= 4 is 17.9 Å². The van der Waals surface area contributed by atoms with Crippen LogP contribution in [0.2, 0.25) is 0 Å². The highest BCUT2D eigenvalue weighted by molar-refractivity contribution is 5.94. The molecule has 0 radical (unpaired) electrons. The molecule has 0 atom stereocenters. The van der Waals surface area contributed by atoms with Gasteiger partial charge in [0.15, 0.2) is 5.69 Å². The van der Waals surface area contributed by atoms with Crippen LogP contribution >= 0.6 is 0 Å². The summed E-state index contributed by atoms with van der Waals surface area (Å²) in [5.74, 6) is -2.61. The second-order valence-corrected chi connectivity index (χ2v) is 3.89. The number of hydrogen-bond acceptors (Lipinski definition) is 5. The Balaban J connectivity index is 2.77. The summed E-state index contributed by atoms with van der Waals surface area (Å²) in [7, 11) is 0. The number of carbonyl (C=O) groups is 3. The topological polar surface area (TPSA) is 126 Å². The minimum absolute atomic E-state index is 0.341. The number of alkyl halides is 2. The van der Waals surface area contributed by atoms with Gasteiger partial charge in [0, 0.05) is 6.54 Å². The minimum atomic E-state index is -3.17. The molecule has 0 spiro atoms. The maximum atomic E-state index is 12.8. The third kappa shape index (κ3) is 4.47. The zero-order valence-corrected chi connectivity index (χ0v) is 11.0. The Morgan fingerprint density at radius 1 is 1.38 bits per heavy atom. The lowest BCUT2D eigenvalue weighted by Gasteiger charge is -2.07. The molecule has 9 nitrogen and oxygen atoms in total. The fraction of sp³-hybridized carbons (Fsp3) is 0.500. The van der Waals surface area contributed by atoms with E-state index in [-0.39, 0.29) is 0 Å². The van der Waals surface area contributed by atoms with Gasteiger partial charge in [0.1, 0.15) is 12.2 Å². The summed E-state index contributed by atoms with van der Waals surface area (Å²) < 4.78 is 26.0. The predicted molar refractivity (Wildman–Crippen MR) is 63.8 cm³/mol. The largest absolute Gasteiger partial charge is 0.476 e. The molecular formula is C10H13F2N5O4. The highest BCUT2D eigenvalue weighted by atomic mass is 19.3. The number of carboxylic acids is 1. The molecule has 0 aliphatic carbocycles. The Morgan fingerprint density at radius 3 is 2.57 bits per heavy atom. The third-order valence-corrected chi connectivity index (χ3v) is 2.26. The smallest absolute Gasteiger partial charge is 0.358 e. The predicted octanol–water partition coefficient (Wildman–Crippen LogP) is 0.150. The van der Waals surface area contributed by atoms with Gasteiger partial charge in [-0.25, -0.2) is 23.1 Å². The van der Waals surface area contributed by atoms with Crippen molar-refractivity contribution in [3.05, 3.63) is 11.4 Å². The first-order valence-electron chi connectivity index (χ1n) is 5.89. The van der Waals surface area contributed by atoms with E-state index >= 15 is 0 Å². The molecule has 11 heteroatoms. The first-order valence-corrected chi connectivity index (χ1v) is 5.89. The van der Waals surface area contributed by atoms with Crippen molar-refractivity contribution in [3.8, 4) is 0 Å². The minimum Gasteiger partial charge on any atom is -0.476 e. The van der Waals surface area contributed by atoms with Gasteiger partial charge in [-0.2, -0.15) is 0 Å². The molecule has 0 bridgehead atoms. The number of nitrogens with zero attached hydrogens (tertiary/aromatic N) is 3. The first kappa shape index (κ1) is 16.5. The van der Waals surface area contributed by atoms with E-state index in [9.17, 15) is 23.2 Å². The number of nitrogens with one attached hydrogen (secondary N) is 2. The average molecular weight is 305 g/mol. The van der Waals surface area contributed by atoms with Crippen molar-refractivity contribution in [1.82, 2.24) is 25.6 Å². The van der Waals surface area contributed by atoms with Gasteiger partial charge in [0.05, 0.1) is 0 Å². The molecule has 116 valence electrons. The third-order valence-electron chi connectivity index (χ3n) is 2.26. The van der Waals surface area contributed by atoms with Gasteiger partial charge < -0.3 is 10.4 Å². The van der Waals surface area contributed by atoms with E-state index in [2.05, 4.69) is 15.6 Å². The molecule has 1 rings (SSSR count). The van der Waals surface area contributed by atoms with Crippen molar-refractivity contribution in [2.75, 3.05) is 6.54 Å². The van der Waals surface area contributed by atoms with Crippen molar-refractivity contribution < 1.29 is 28.3 Å². The van der Waals surface area contributed by atoms with Crippen molar-refractivity contribution in [2.24, 2.45) is 0 Å². The van der Waals surface area contributed by atoms with Crippen LogP contribution in [0.25, 0.3) is 0 Å². The number of imide groups is 1. The van der Waals surface area contributed by atoms with Crippen LogP contribution in [-0.2, 0) is 11.3 Å². The van der Waals surface area contributed by atoms with Crippen molar-refractivity contribution in [3.63, 3.8) is 0 Å². The molecule has 3 N–H and O–H groups in total. The average Bonchev–Trinajstić information content (AvgIpc) is 2.79. The quantitative estimate of drug-likeness (QED) is 0.686. The maximum Gasteiger partial charge on any atom is 0.358 e. The molecule has 1 aromatic rings. The molecule has 0 aliphatic rings. The van der Waals surface area contributed by atoms with Crippen LogP contribution in [-0.4, -0.2) is 44.6 Å². The Hall–Kier alpha value is -2.59. The van der Waals surface area contributed by atoms with Crippen LogP contribution < -0.4 is 10.6 Å². The van der Waals surface area contributed by atoms with E-state index < -0.39 is 42.3 Å². The summed E-state index contributed by atoms with van der Waals surface area (Å²) in [6.45, 7) is 1.40. The summed E-state index contributed by atoms with van der Waals surface area (Å²) >= 11 is 0.